The fourth-order valence-corrected chi connectivity index (χ4v) is 5.64. The molecule has 1 aromatic heterocycles. The number of allylic oxidation sites excluding steroid dienone is 1. The number of alkyl halides is 3. The van der Waals surface area contributed by atoms with Crippen molar-refractivity contribution < 1.29 is 18.0 Å². The molecule has 1 atom stereocenters. The second-order valence-electron chi connectivity index (χ2n) is 10.5. The highest BCUT2D eigenvalue weighted by molar-refractivity contribution is 6.00. The van der Waals surface area contributed by atoms with Crippen LogP contribution < -0.4 is 10.6 Å². The Morgan fingerprint density at radius 3 is 2.71 bits per heavy atom. The second-order valence-corrected chi connectivity index (χ2v) is 10.5. The molecule has 3 fully saturated rings. The average molecular weight is 485 g/mol. The van der Waals surface area contributed by atoms with Crippen LogP contribution in [0.5, 0.6) is 0 Å². The van der Waals surface area contributed by atoms with Crippen LogP contribution in [0.3, 0.4) is 0 Å². The molecule has 0 radical (unpaired) electrons. The van der Waals surface area contributed by atoms with Crippen molar-refractivity contribution in [3.05, 3.63) is 48.3 Å². The van der Waals surface area contributed by atoms with Crippen molar-refractivity contribution in [3.8, 4) is 0 Å². The van der Waals surface area contributed by atoms with Gasteiger partial charge in [-0.2, -0.15) is 13.2 Å². The Bertz CT molecular complexity index is 1180. The van der Waals surface area contributed by atoms with Crippen molar-refractivity contribution in [2.45, 2.75) is 44.3 Å². The normalized spacial score (nSPS) is 22.0. The second kappa shape index (κ2) is 8.97. The molecule has 5 nitrogen and oxygen atoms in total. The van der Waals surface area contributed by atoms with Crippen LogP contribution >= 0.6 is 0 Å². The first kappa shape index (κ1) is 23.9. The molecular formula is C27H31F3N4O. The van der Waals surface area contributed by atoms with E-state index in [2.05, 4.69) is 34.1 Å². The molecule has 1 aromatic carbocycles. The van der Waals surface area contributed by atoms with Gasteiger partial charge in [0, 0.05) is 48.1 Å². The van der Waals surface area contributed by atoms with Gasteiger partial charge in [0.05, 0.1) is 17.0 Å². The minimum Gasteiger partial charge on any atom is -0.382 e. The van der Waals surface area contributed by atoms with Crippen molar-refractivity contribution in [2.75, 3.05) is 32.0 Å². The van der Waals surface area contributed by atoms with Gasteiger partial charge in [0.15, 0.2) is 0 Å². The summed E-state index contributed by atoms with van der Waals surface area (Å²) in [5.41, 5.74) is 0.453. The SMILES string of the molecule is C=C(c1nc(/C=C/CNC(=O)C2CC2)cc2c(NC3CCC4(C3)CN(C)C4)cccc12)C(F)(F)F. The van der Waals surface area contributed by atoms with E-state index in [0.29, 0.717) is 28.4 Å². The monoisotopic (exact) mass is 484 g/mol. The maximum absolute atomic E-state index is 13.6. The summed E-state index contributed by atoms with van der Waals surface area (Å²) in [6.07, 6.45) is 3.90. The summed E-state index contributed by atoms with van der Waals surface area (Å²) in [6, 6.07) is 7.45. The first-order valence-corrected chi connectivity index (χ1v) is 12.2. The van der Waals surface area contributed by atoms with Gasteiger partial charge < -0.3 is 15.5 Å². The fraction of sp³-hybridized carbons (Fsp3) is 0.481. The third-order valence-electron chi connectivity index (χ3n) is 7.43. The number of hydrogen-bond acceptors (Lipinski definition) is 4. The zero-order valence-corrected chi connectivity index (χ0v) is 19.9. The Hall–Kier alpha value is -2.87. The minimum absolute atomic E-state index is 0.0192. The van der Waals surface area contributed by atoms with E-state index < -0.39 is 11.7 Å². The van der Waals surface area contributed by atoms with Crippen molar-refractivity contribution >= 4 is 34.0 Å². The Morgan fingerprint density at radius 1 is 1.26 bits per heavy atom. The molecule has 2 saturated carbocycles. The lowest BCUT2D eigenvalue weighted by Gasteiger charge is -2.46. The summed E-state index contributed by atoms with van der Waals surface area (Å²) in [7, 11) is 2.13. The van der Waals surface area contributed by atoms with Gasteiger partial charge in [0.25, 0.3) is 0 Å². The van der Waals surface area contributed by atoms with Gasteiger partial charge in [0.1, 0.15) is 0 Å². The van der Waals surface area contributed by atoms with Crippen LogP contribution in [-0.2, 0) is 4.79 Å². The molecular weight excluding hydrogens is 453 g/mol. The Morgan fingerprint density at radius 2 is 2.03 bits per heavy atom. The number of nitrogens with one attached hydrogen (secondary N) is 2. The van der Waals surface area contributed by atoms with Crippen molar-refractivity contribution in [1.29, 1.82) is 0 Å². The van der Waals surface area contributed by atoms with E-state index >= 15 is 0 Å². The van der Waals surface area contributed by atoms with E-state index in [0.717, 1.165) is 50.9 Å². The lowest BCUT2D eigenvalue weighted by atomic mass is 9.78. The molecule has 2 heterocycles. The summed E-state index contributed by atoms with van der Waals surface area (Å²) in [6.45, 7) is 5.83. The van der Waals surface area contributed by atoms with Crippen LogP contribution in [0.4, 0.5) is 18.9 Å². The van der Waals surface area contributed by atoms with Crippen molar-refractivity contribution in [3.63, 3.8) is 0 Å². The number of aromatic nitrogens is 1. The number of hydrogen-bond donors (Lipinski definition) is 2. The third kappa shape index (κ3) is 5.08. The molecule has 1 saturated heterocycles. The standard InChI is InChI=1S/C27H31F3N4O/c1-17(27(28,29)30)24-21-6-3-7-23(32-20-10-11-26(14-20)15-34(2)16-26)22(21)13-19(33-24)5-4-12-31-25(35)18-8-9-18/h3-7,13,18,20,32H,1,8-12,14-16H2,2H3,(H,31,35)/b5-4+. The van der Waals surface area contributed by atoms with E-state index in [1.807, 2.05) is 12.1 Å². The zero-order valence-electron chi connectivity index (χ0n) is 19.9. The topological polar surface area (TPSA) is 57.3 Å². The molecule has 2 aromatic rings. The molecule has 0 bridgehead atoms. The predicted octanol–water partition coefficient (Wildman–Crippen LogP) is 5.25. The quantitative estimate of drug-likeness (QED) is 0.564. The smallest absolute Gasteiger partial charge is 0.382 e. The molecule has 2 N–H and O–H groups in total. The van der Waals surface area contributed by atoms with E-state index in [-0.39, 0.29) is 23.6 Å². The van der Waals surface area contributed by atoms with Gasteiger partial charge in [0.2, 0.25) is 5.91 Å². The number of pyridine rings is 1. The molecule has 1 unspecified atom stereocenters. The molecule has 2 aliphatic carbocycles. The number of carbonyl (C=O) groups excluding carboxylic acids is 1. The highest BCUT2D eigenvalue weighted by Gasteiger charge is 2.46. The number of nitrogens with zero attached hydrogens (tertiary/aromatic N) is 2. The maximum Gasteiger partial charge on any atom is 0.417 e. The summed E-state index contributed by atoms with van der Waals surface area (Å²) in [4.78, 5) is 18.5. The molecule has 186 valence electrons. The van der Waals surface area contributed by atoms with Gasteiger partial charge in [-0.1, -0.05) is 24.8 Å². The van der Waals surface area contributed by atoms with Crippen LogP contribution in [0.15, 0.2) is 36.9 Å². The van der Waals surface area contributed by atoms with E-state index in [4.69, 9.17) is 0 Å². The number of rotatable bonds is 7. The highest BCUT2D eigenvalue weighted by atomic mass is 19.4. The summed E-state index contributed by atoms with van der Waals surface area (Å²) >= 11 is 0. The van der Waals surface area contributed by atoms with E-state index in [1.165, 1.54) is 0 Å². The molecule has 35 heavy (non-hydrogen) atoms. The van der Waals surface area contributed by atoms with Crippen molar-refractivity contribution in [1.82, 2.24) is 15.2 Å². The average Bonchev–Trinajstić information content (AvgIpc) is 3.56. The van der Waals surface area contributed by atoms with E-state index in [1.54, 1.807) is 24.3 Å². The Labute approximate surface area is 203 Å². The third-order valence-corrected chi connectivity index (χ3v) is 7.43. The predicted molar refractivity (Wildman–Crippen MR) is 133 cm³/mol. The van der Waals surface area contributed by atoms with Gasteiger partial charge in [-0.05, 0) is 62.8 Å². The first-order valence-electron chi connectivity index (χ1n) is 12.2. The van der Waals surface area contributed by atoms with Gasteiger partial charge in [-0.3, -0.25) is 4.79 Å². The fourth-order valence-electron chi connectivity index (χ4n) is 5.64. The molecule has 1 amide bonds. The first-order chi connectivity index (χ1) is 16.6. The number of amides is 1. The minimum atomic E-state index is -4.59. The van der Waals surface area contributed by atoms with Crippen LogP contribution in [0.25, 0.3) is 22.4 Å². The summed E-state index contributed by atoms with van der Waals surface area (Å²) < 4.78 is 40.9. The lowest BCUT2D eigenvalue weighted by Crippen LogP contribution is -2.53. The summed E-state index contributed by atoms with van der Waals surface area (Å²) in [5.74, 6) is 0.123. The number of likely N-dealkylation sites (tertiary alicyclic amines) is 1. The van der Waals surface area contributed by atoms with Gasteiger partial charge in [-0.15, -0.1) is 0 Å². The highest BCUT2D eigenvalue weighted by Crippen LogP contribution is 2.46. The maximum atomic E-state index is 13.6. The largest absolute Gasteiger partial charge is 0.417 e. The number of anilines is 1. The molecule has 3 aliphatic rings. The molecule has 5 rings (SSSR count). The van der Waals surface area contributed by atoms with Gasteiger partial charge >= 0.3 is 6.18 Å². The number of benzene rings is 1. The molecule has 8 heteroatoms. The van der Waals surface area contributed by atoms with Crippen LogP contribution in [0.2, 0.25) is 0 Å². The summed E-state index contributed by atoms with van der Waals surface area (Å²) in [5, 5.41) is 7.56. The number of halogens is 3. The van der Waals surface area contributed by atoms with Gasteiger partial charge in [-0.25, -0.2) is 4.98 Å². The lowest BCUT2D eigenvalue weighted by molar-refractivity contribution is -0.122. The van der Waals surface area contributed by atoms with Crippen LogP contribution in [0.1, 0.15) is 43.5 Å². The molecule has 1 aliphatic heterocycles. The number of fused-ring (bicyclic) bond motifs is 1. The Balaban J connectivity index is 1.43. The Kier molecular flexibility index (Phi) is 6.11. The zero-order chi connectivity index (χ0) is 24.8. The van der Waals surface area contributed by atoms with Crippen molar-refractivity contribution in [2.24, 2.45) is 11.3 Å². The molecule has 1 spiro atoms. The number of carbonyl (C=O) groups is 1. The van der Waals surface area contributed by atoms with Crippen LogP contribution in [-0.4, -0.2) is 54.7 Å². The van der Waals surface area contributed by atoms with E-state index in [9.17, 15) is 18.0 Å². The van der Waals surface area contributed by atoms with Crippen LogP contribution in [0, 0.1) is 11.3 Å².